The molecule has 0 spiro atoms. The summed E-state index contributed by atoms with van der Waals surface area (Å²) in [5.41, 5.74) is 9.85. The van der Waals surface area contributed by atoms with Crippen LogP contribution in [0.2, 0.25) is 0 Å². The first-order chi connectivity index (χ1) is 18.3. The fraction of sp³-hybridized carbons (Fsp3) is 0. The lowest BCUT2D eigenvalue weighted by molar-refractivity contribution is 1.29. The van der Waals surface area contributed by atoms with Crippen LogP contribution in [0.5, 0.6) is 0 Å². The van der Waals surface area contributed by atoms with Crippen molar-refractivity contribution in [2.75, 3.05) is 0 Å². The molecule has 4 nitrogen and oxygen atoms in total. The summed E-state index contributed by atoms with van der Waals surface area (Å²) in [7, 11) is 0. The molecule has 8 rings (SSSR count). The Hall–Kier alpha value is -5.09. The molecule has 0 amide bonds. The number of nitrogens with zero attached hydrogens (tertiary/aromatic N) is 4. The maximum Gasteiger partial charge on any atom is 0.146 e. The summed E-state index contributed by atoms with van der Waals surface area (Å²) >= 11 is 0. The average molecular weight is 473 g/mol. The summed E-state index contributed by atoms with van der Waals surface area (Å²) < 4.78 is 2.28. The van der Waals surface area contributed by atoms with Crippen molar-refractivity contribution in [3.05, 3.63) is 121 Å². The zero-order valence-electron chi connectivity index (χ0n) is 19.8. The molecular formula is C33H20N4. The molecule has 0 N–H and O–H groups in total. The normalized spacial score (nSPS) is 11.8. The van der Waals surface area contributed by atoms with Crippen molar-refractivity contribution in [1.29, 1.82) is 0 Å². The number of fused-ring (bicyclic) bond motifs is 9. The Bertz CT molecular complexity index is 2140. The van der Waals surface area contributed by atoms with Crippen LogP contribution in [0, 0.1) is 0 Å². The summed E-state index contributed by atoms with van der Waals surface area (Å²) in [5, 5.41) is 3.46. The van der Waals surface area contributed by atoms with Gasteiger partial charge in [0, 0.05) is 21.9 Å². The molecule has 8 aromatic rings. The molecule has 0 unspecified atom stereocenters. The van der Waals surface area contributed by atoms with Crippen molar-refractivity contribution in [3.63, 3.8) is 0 Å². The molecule has 3 aromatic heterocycles. The number of para-hydroxylation sites is 5. The molecule has 0 saturated carbocycles. The highest BCUT2D eigenvalue weighted by Crippen LogP contribution is 2.37. The molecule has 0 saturated heterocycles. The number of rotatable bonds is 2. The van der Waals surface area contributed by atoms with Gasteiger partial charge in [-0.25, -0.2) is 15.0 Å². The molecule has 37 heavy (non-hydrogen) atoms. The number of benzene rings is 5. The van der Waals surface area contributed by atoms with Gasteiger partial charge in [0.25, 0.3) is 0 Å². The monoisotopic (exact) mass is 472 g/mol. The Morgan fingerprint density at radius 2 is 1.03 bits per heavy atom. The van der Waals surface area contributed by atoms with Gasteiger partial charge in [0.1, 0.15) is 5.65 Å². The van der Waals surface area contributed by atoms with Gasteiger partial charge in [-0.05, 0) is 47.9 Å². The van der Waals surface area contributed by atoms with Gasteiger partial charge in [-0.1, -0.05) is 78.9 Å². The predicted molar refractivity (Wildman–Crippen MR) is 152 cm³/mol. The molecule has 4 heteroatoms. The van der Waals surface area contributed by atoms with Gasteiger partial charge in [-0.2, -0.15) is 0 Å². The quantitative estimate of drug-likeness (QED) is 0.239. The highest BCUT2D eigenvalue weighted by Gasteiger charge is 2.17. The SMILES string of the molecule is c1ccc(-c2nc3ccccc3nc2-c2ccc3c(c2)c2ccccc2n2c4ccccc4nc32)cc1. The Morgan fingerprint density at radius 3 is 1.81 bits per heavy atom. The zero-order chi connectivity index (χ0) is 24.3. The summed E-state index contributed by atoms with van der Waals surface area (Å²) in [6, 6.07) is 41.9. The predicted octanol–water partition coefficient (Wildman–Crippen LogP) is 8.07. The molecule has 0 radical (unpaired) electrons. The fourth-order valence-corrected chi connectivity index (χ4v) is 5.45. The maximum absolute atomic E-state index is 5.12. The average Bonchev–Trinajstić information content (AvgIpc) is 3.37. The number of imidazole rings is 1. The van der Waals surface area contributed by atoms with Gasteiger partial charge in [0.05, 0.1) is 39.0 Å². The molecule has 0 fully saturated rings. The van der Waals surface area contributed by atoms with Crippen LogP contribution in [0.4, 0.5) is 0 Å². The second-order valence-electron chi connectivity index (χ2n) is 9.31. The van der Waals surface area contributed by atoms with Crippen LogP contribution in [0.3, 0.4) is 0 Å². The van der Waals surface area contributed by atoms with E-state index in [1.165, 1.54) is 5.39 Å². The van der Waals surface area contributed by atoms with Gasteiger partial charge in [-0.3, -0.25) is 4.40 Å². The summed E-state index contributed by atoms with van der Waals surface area (Å²) in [6.07, 6.45) is 0. The highest BCUT2D eigenvalue weighted by molar-refractivity contribution is 6.14. The van der Waals surface area contributed by atoms with Gasteiger partial charge in [0.15, 0.2) is 0 Å². The van der Waals surface area contributed by atoms with Gasteiger partial charge in [0.2, 0.25) is 0 Å². The summed E-state index contributed by atoms with van der Waals surface area (Å²) in [4.78, 5) is 15.2. The first-order valence-corrected chi connectivity index (χ1v) is 12.4. The number of pyridine rings is 1. The molecule has 172 valence electrons. The highest BCUT2D eigenvalue weighted by atomic mass is 15.0. The van der Waals surface area contributed by atoms with Crippen LogP contribution in [0.25, 0.3) is 71.9 Å². The van der Waals surface area contributed by atoms with Crippen molar-refractivity contribution in [2.45, 2.75) is 0 Å². The first kappa shape index (κ1) is 20.1. The van der Waals surface area contributed by atoms with E-state index in [9.17, 15) is 0 Å². The Kier molecular flexibility index (Phi) is 4.19. The molecule has 0 aliphatic carbocycles. The number of aromatic nitrogens is 4. The van der Waals surface area contributed by atoms with E-state index in [0.717, 1.165) is 66.5 Å². The van der Waals surface area contributed by atoms with E-state index in [0.29, 0.717) is 0 Å². The van der Waals surface area contributed by atoms with E-state index in [2.05, 4.69) is 77.2 Å². The smallest absolute Gasteiger partial charge is 0.146 e. The van der Waals surface area contributed by atoms with E-state index in [-0.39, 0.29) is 0 Å². The second-order valence-corrected chi connectivity index (χ2v) is 9.31. The maximum atomic E-state index is 5.12. The van der Waals surface area contributed by atoms with Crippen molar-refractivity contribution < 1.29 is 0 Å². The molecule has 3 heterocycles. The lowest BCUT2D eigenvalue weighted by Crippen LogP contribution is -1.96. The first-order valence-electron chi connectivity index (χ1n) is 12.4. The molecule has 0 bridgehead atoms. The minimum absolute atomic E-state index is 0.879. The Morgan fingerprint density at radius 1 is 0.405 bits per heavy atom. The van der Waals surface area contributed by atoms with Crippen LogP contribution in [-0.2, 0) is 0 Å². The van der Waals surface area contributed by atoms with Gasteiger partial charge >= 0.3 is 0 Å². The van der Waals surface area contributed by atoms with Crippen LogP contribution in [0.15, 0.2) is 121 Å². The van der Waals surface area contributed by atoms with E-state index in [1.54, 1.807) is 0 Å². The molecule has 0 atom stereocenters. The molecule has 0 aliphatic heterocycles. The van der Waals surface area contributed by atoms with Crippen LogP contribution < -0.4 is 0 Å². The third-order valence-corrected chi connectivity index (χ3v) is 7.15. The van der Waals surface area contributed by atoms with Crippen LogP contribution in [0.1, 0.15) is 0 Å². The van der Waals surface area contributed by atoms with Crippen molar-refractivity contribution in [3.8, 4) is 22.5 Å². The standard InChI is InChI=1S/C33H20N4/c1-2-10-21(11-3-1)31-32(35-27-14-6-5-13-26(27)34-31)22-18-19-24-25(20-22)23-12-4-8-16-29(23)37-30-17-9-7-15-28(30)36-33(24)37/h1-20H. The third-order valence-electron chi connectivity index (χ3n) is 7.15. The van der Waals surface area contributed by atoms with Gasteiger partial charge < -0.3 is 0 Å². The molecule has 5 aromatic carbocycles. The lowest BCUT2D eigenvalue weighted by Gasteiger charge is -2.13. The van der Waals surface area contributed by atoms with Crippen LogP contribution in [-0.4, -0.2) is 19.4 Å². The number of hydrogen-bond acceptors (Lipinski definition) is 3. The largest absolute Gasteiger partial charge is 0.292 e. The Balaban J connectivity index is 1.48. The van der Waals surface area contributed by atoms with E-state index >= 15 is 0 Å². The minimum atomic E-state index is 0.879. The van der Waals surface area contributed by atoms with E-state index < -0.39 is 0 Å². The number of hydrogen-bond donors (Lipinski definition) is 0. The van der Waals surface area contributed by atoms with E-state index in [4.69, 9.17) is 15.0 Å². The topological polar surface area (TPSA) is 43.1 Å². The zero-order valence-corrected chi connectivity index (χ0v) is 19.8. The lowest BCUT2D eigenvalue weighted by atomic mass is 9.98. The van der Waals surface area contributed by atoms with E-state index in [1.807, 2.05) is 48.5 Å². The minimum Gasteiger partial charge on any atom is -0.292 e. The fourth-order valence-electron chi connectivity index (χ4n) is 5.45. The van der Waals surface area contributed by atoms with Crippen molar-refractivity contribution in [2.24, 2.45) is 0 Å². The van der Waals surface area contributed by atoms with Crippen molar-refractivity contribution >= 4 is 49.4 Å². The Labute approximate surface area is 212 Å². The molecule has 0 aliphatic rings. The third kappa shape index (κ3) is 2.99. The second kappa shape index (κ2) is 7.70. The summed E-state index contributed by atoms with van der Waals surface area (Å²) in [5.74, 6) is 0. The summed E-state index contributed by atoms with van der Waals surface area (Å²) in [6.45, 7) is 0. The molecular weight excluding hydrogens is 452 g/mol. The van der Waals surface area contributed by atoms with Crippen molar-refractivity contribution in [1.82, 2.24) is 19.4 Å². The van der Waals surface area contributed by atoms with Gasteiger partial charge in [-0.15, -0.1) is 0 Å². The van der Waals surface area contributed by atoms with Crippen LogP contribution >= 0.6 is 0 Å².